The van der Waals surface area contributed by atoms with Gasteiger partial charge in [0.2, 0.25) is 0 Å². The van der Waals surface area contributed by atoms with Crippen molar-refractivity contribution in [2.75, 3.05) is 0 Å². The fourth-order valence-electron chi connectivity index (χ4n) is 2.78. The lowest BCUT2D eigenvalue weighted by atomic mass is 10.0. The molecule has 0 spiro atoms. The molecule has 0 aromatic heterocycles. The molecular weight excluding hydrogens is 180 g/mol. The van der Waals surface area contributed by atoms with Crippen LogP contribution in [-0.4, -0.2) is 0 Å². The Hall–Kier alpha value is 0. The van der Waals surface area contributed by atoms with Crippen molar-refractivity contribution in [2.24, 2.45) is 17.8 Å². The summed E-state index contributed by atoms with van der Waals surface area (Å²) >= 11 is 0. The zero-order chi connectivity index (χ0) is 11.1. The predicted molar refractivity (Wildman–Crippen MR) is 69.0 cm³/mol. The first-order valence-corrected chi connectivity index (χ1v) is 7.25. The van der Waals surface area contributed by atoms with Crippen LogP contribution in [0.1, 0.15) is 78.6 Å². The van der Waals surface area contributed by atoms with Crippen molar-refractivity contribution >= 4 is 0 Å². The van der Waals surface area contributed by atoms with Gasteiger partial charge in [-0.1, -0.05) is 72.1 Å². The van der Waals surface area contributed by atoms with Crippen LogP contribution in [0.15, 0.2) is 0 Å². The van der Waals surface area contributed by atoms with Crippen LogP contribution in [-0.2, 0) is 0 Å². The van der Waals surface area contributed by atoms with Crippen molar-refractivity contribution in [3.63, 3.8) is 0 Å². The van der Waals surface area contributed by atoms with E-state index in [9.17, 15) is 0 Å². The van der Waals surface area contributed by atoms with Crippen LogP contribution in [0.2, 0.25) is 0 Å². The van der Waals surface area contributed by atoms with E-state index in [1.807, 2.05) is 0 Å². The number of hydrogen-bond acceptors (Lipinski definition) is 0. The van der Waals surface area contributed by atoms with Crippen molar-refractivity contribution in [3.8, 4) is 0 Å². The summed E-state index contributed by atoms with van der Waals surface area (Å²) in [6.07, 6.45) is 13.3. The van der Waals surface area contributed by atoms with Gasteiger partial charge in [-0.05, 0) is 24.2 Å². The lowest BCUT2D eigenvalue weighted by Gasteiger charge is -2.03. The highest BCUT2D eigenvalue weighted by molar-refractivity contribution is 4.87. The molecular formula is C15H30. The van der Waals surface area contributed by atoms with Gasteiger partial charge in [0.1, 0.15) is 0 Å². The molecule has 0 amide bonds. The molecule has 0 N–H and O–H groups in total. The third kappa shape index (κ3) is 5.58. The zero-order valence-corrected chi connectivity index (χ0v) is 11.1. The highest BCUT2D eigenvalue weighted by atomic mass is 14.4. The summed E-state index contributed by atoms with van der Waals surface area (Å²) in [6.45, 7) is 7.06. The van der Waals surface area contributed by atoms with Crippen molar-refractivity contribution in [1.29, 1.82) is 0 Å². The lowest BCUT2D eigenvalue weighted by molar-refractivity contribution is 0.482. The van der Waals surface area contributed by atoms with Crippen LogP contribution in [0.5, 0.6) is 0 Å². The Balaban J connectivity index is 1.79. The van der Waals surface area contributed by atoms with E-state index >= 15 is 0 Å². The molecule has 1 aliphatic rings. The quantitative estimate of drug-likeness (QED) is 0.446. The smallest absolute Gasteiger partial charge is 0.0360 e. The molecule has 1 rings (SSSR count). The van der Waals surface area contributed by atoms with Gasteiger partial charge in [-0.15, -0.1) is 0 Å². The molecule has 90 valence electrons. The maximum Gasteiger partial charge on any atom is -0.0360 e. The summed E-state index contributed by atoms with van der Waals surface area (Å²) in [6, 6.07) is 0. The fraction of sp³-hybridized carbons (Fsp3) is 1.00. The van der Waals surface area contributed by atoms with Gasteiger partial charge in [0, 0.05) is 0 Å². The minimum absolute atomic E-state index is 0.944. The summed E-state index contributed by atoms with van der Waals surface area (Å²) in [7, 11) is 0. The monoisotopic (exact) mass is 210 g/mol. The minimum atomic E-state index is 0.944. The maximum atomic E-state index is 2.38. The largest absolute Gasteiger partial charge is 0.0654 e. The molecule has 0 heterocycles. The number of hydrogen-bond donors (Lipinski definition) is 0. The van der Waals surface area contributed by atoms with Crippen LogP contribution in [0, 0.1) is 17.8 Å². The summed E-state index contributed by atoms with van der Waals surface area (Å²) in [4.78, 5) is 0. The van der Waals surface area contributed by atoms with Gasteiger partial charge in [-0.2, -0.15) is 0 Å². The average molecular weight is 210 g/mol. The summed E-state index contributed by atoms with van der Waals surface area (Å²) in [5.41, 5.74) is 0. The second-order valence-corrected chi connectivity index (χ2v) is 5.81. The predicted octanol–water partition coefficient (Wildman–Crippen LogP) is 5.42. The molecule has 0 aromatic carbocycles. The third-order valence-corrected chi connectivity index (χ3v) is 4.01. The van der Waals surface area contributed by atoms with Gasteiger partial charge in [0.05, 0.1) is 0 Å². The first-order valence-electron chi connectivity index (χ1n) is 7.25. The van der Waals surface area contributed by atoms with Crippen molar-refractivity contribution in [3.05, 3.63) is 0 Å². The van der Waals surface area contributed by atoms with E-state index < -0.39 is 0 Å². The first-order chi connectivity index (χ1) is 7.25. The molecule has 1 saturated carbocycles. The maximum absolute atomic E-state index is 2.38. The topological polar surface area (TPSA) is 0 Å². The van der Waals surface area contributed by atoms with Gasteiger partial charge in [-0.25, -0.2) is 0 Å². The normalized spacial score (nSPS) is 24.8. The van der Waals surface area contributed by atoms with Gasteiger partial charge in [0.15, 0.2) is 0 Å². The molecule has 0 nitrogen and oxygen atoms in total. The zero-order valence-electron chi connectivity index (χ0n) is 11.1. The number of rotatable bonds is 9. The van der Waals surface area contributed by atoms with Crippen molar-refractivity contribution in [1.82, 2.24) is 0 Å². The first kappa shape index (κ1) is 13.1. The SMILES string of the molecule is CCCCCCCCCC1CC1C(C)C. The van der Waals surface area contributed by atoms with Crippen LogP contribution in [0.3, 0.4) is 0 Å². The van der Waals surface area contributed by atoms with E-state index in [-0.39, 0.29) is 0 Å². The van der Waals surface area contributed by atoms with E-state index in [1.165, 1.54) is 57.8 Å². The summed E-state index contributed by atoms with van der Waals surface area (Å²) < 4.78 is 0. The van der Waals surface area contributed by atoms with Gasteiger partial charge in [0.25, 0.3) is 0 Å². The standard InChI is InChI=1S/C15H30/c1-4-5-6-7-8-9-10-11-14-12-15(14)13(2)3/h13-15H,4-12H2,1-3H3. The van der Waals surface area contributed by atoms with Gasteiger partial charge < -0.3 is 0 Å². The van der Waals surface area contributed by atoms with Crippen LogP contribution < -0.4 is 0 Å². The van der Waals surface area contributed by atoms with Gasteiger partial charge >= 0.3 is 0 Å². The van der Waals surface area contributed by atoms with E-state index in [4.69, 9.17) is 0 Å². The summed E-state index contributed by atoms with van der Waals surface area (Å²) in [5, 5.41) is 0. The second-order valence-electron chi connectivity index (χ2n) is 5.81. The Morgan fingerprint density at radius 3 is 2.07 bits per heavy atom. The minimum Gasteiger partial charge on any atom is -0.0654 e. The Labute approximate surface area is 96.8 Å². The molecule has 15 heavy (non-hydrogen) atoms. The molecule has 0 heteroatoms. The second kappa shape index (κ2) is 7.30. The molecule has 0 bridgehead atoms. The molecule has 0 saturated heterocycles. The highest BCUT2D eigenvalue weighted by Crippen LogP contribution is 2.47. The molecule has 2 unspecified atom stereocenters. The molecule has 0 aliphatic heterocycles. The van der Waals surface area contributed by atoms with Gasteiger partial charge in [-0.3, -0.25) is 0 Å². The van der Waals surface area contributed by atoms with E-state index in [0.29, 0.717) is 0 Å². The molecule has 1 fully saturated rings. The molecule has 0 radical (unpaired) electrons. The Kier molecular flexibility index (Phi) is 6.36. The molecule has 2 atom stereocenters. The van der Waals surface area contributed by atoms with E-state index in [1.54, 1.807) is 0 Å². The van der Waals surface area contributed by atoms with E-state index in [0.717, 1.165) is 17.8 Å². The van der Waals surface area contributed by atoms with Crippen LogP contribution >= 0.6 is 0 Å². The third-order valence-electron chi connectivity index (χ3n) is 4.01. The van der Waals surface area contributed by atoms with Crippen molar-refractivity contribution < 1.29 is 0 Å². The van der Waals surface area contributed by atoms with Crippen LogP contribution in [0.4, 0.5) is 0 Å². The molecule has 0 aromatic rings. The summed E-state index contributed by atoms with van der Waals surface area (Å²) in [5.74, 6) is 3.14. The Bertz CT molecular complexity index is 148. The number of unbranched alkanes of at least 4 members (excludes halogenated alkanes) is 6. The fourth-order valence-corrected chi connectivity index (χ4v) is 2.78. The Morgan fingerprint density at radius 2 is 1.53 bits per heavy atom. The Morgan fingerprint density at radius 1 is 0.933 bits per heavy atom. The van der Waals surface area contributed by atoms with Crippen molar-refractivity contribution in [2.45, 2.75) is 78.6 Å². The van der Waals surface area contributed by atoms with Crippen LogP contribution in [0.25, 0.3) is 0 Å². The molecule has 1 aliphatic carbocycles. The lowest BCUT2D eigenvalue weighted by Crippen LogP contribution is -1.92. The average Bonchev–Trinajstić information content (AvgIpc) is 2.96. The highest BCUT2D eigenvalue weighted by Gasteiger charge is 2.37. The van der Waals surface area contributed by atoms with E-state index in [2.05, 4.69) is 20.8 Å².